The van der Waals surface area contributed by atoms with Crippen molar-refractivity contribution in [2.45, 2.75) is 4.34 Å². The number of halogens is 1. The summed E-state index contributed by atoms with van der Waals surface area (Å²) in [5, 5.41) is 1.08. The van der Waals surface area contributed by atoms with E-state index in [0.717, 1.165) is 20.7 Å². The average Bonchev–Trinajstić information content (AvgIpc) is 2.78. The van der Waals surface area contributed by atoms with Crippen LogP contribution in [0.25, 0.3) is 10.6 Å². The molecule has 6 heteroatoms. The van der Waals surface area contributed by atoms with E-state index in [0.29, 0.717) is 0 Å². The standard InChI is InChI=1S/C10H10NOS3.HI/c1-12-8-5-3-7(4-6-8)9-11-10(13-2)15-14-9;/h3-6H,1-2H3;1H/q+1;/p-1. The normalized spacial score (nSPS) is 9.62. The highest BCUT2D eigenvalue weighted by molar-refractivity contribution is 8.02. The second kappa shape index (κ2) is 6.73. The highest BCUT2D eigenvalue weighted by atomic mass is 127. The van der Waals surface area contributed by atoms with Crippen LogP contribution in [-0.4, -0.2) is 18.3 Å². The topological polar surface area (TPSA) is 22.1 Å². The van der Waals surface area contributed by atoms with Crippen molar-refractivity contribution in [2.24, 2.45) is 0 Å². The molecule has 0 aliphatic carbocycles. The van der Waals surface area contributed by atoms with E-state index in [4.69, 9.17) is 4.74 Å². The number of methoxy groups -OCH3 is 1. The van der Waals surface area contributed by atoms with Gasteiger partial charge in [-0.3, -0.25) is 0 Å². The lowest BCUT2D eigenvalue weighted by atomic mass is 10.2. The maximum atomic E-state index is 5.11. The van der Waals surface area contributed by atoms with Gasteiger partial charge in [-0.15, -0.1) is 0 Å². The first-order valence-corrected chi connectivity index (χ1v) is 7.69. The fourth-order valence-corrected chi connectivity index (χ4v) is 4.21. The Kier molecular flexibility index (Phi) is 5.95. The summed E-state index contributed by atoms with van der Waals surface area (Å²) in [6, 6.07) is 7.99. The molecule has 0 atom stereocenters. The molecule has 0 radical (unpaired) electrons. The monoisotopic (exact) mass is 383 g/mol. The van der Waals surface area contributed by atoms with Crippen molar-refractivity contribution < 1.29 is 28.7 Å². The van der Waals surface area contributed by atoms with Crippen molar-refractivity contribution in [2.75, 3.05) is 13.4 Å². The molecule has 0 fully saturated rings. The molecule has 0 unspecified atom stereocenters. The molecule has 0 N–H and O–H groups in total. The summed E-state index contributed by atoms with van der Waals surface area (Å²) in [5.74, 6) is 0.879. The third-order valence-electron chi connectivity index (χ3n) is 1.90. The minimum atomic E-state index is 0. The zero-order valence-corrected chi connectivity index (χ0v) is 13.4. The molecule has 0 amide bonds. The zero-order chi connectivity index (χ0) is 10.7. The maximum absolute atomic E-state index is 5.11. The van der Waals surface area contributed by atoms with Gasteiger partial charge >= 0.3 is 14.7 Å². The first-order chi connectivity index (χ1) is 7.33. The van der Waals surface area contributed by atoms with E-state index in [1.807, 2.05) is 30.5 Å². The molecular weight excluding hydrogens is 373 g/mol. The van der Waals surface area contributed by atoms with E-state index in [9.17, 15) is 0 Å². The molecule has 86 valence electrons. The Bertz CT molecular complexity index is 444. The van der Waals surface area contributed by atoms with Gasteiger partial charge in [-0.1, -0.05) is 0 Å². The van der Waals surface area contributed by atoms with Gasteiger partial charge in [0.2, 0.25) is 0 Å². The van der Waals surface area contributed by atoms with E-state index >= 15 is 0 Å². The fourth-order valence-electron chi connectivity index (χ4n) is 1.12. The Morgan fingerprint density at radius 2 is 2.00 bits per heavy atom. The Balaban J connectivity index is 0.00000128. The van der Waals surface area contributed by atoms with Crippen LogP contribution in [0.2, 0.25) is 0 Å². The molecule has 2 rings (SSSR count). The zero-order valence-electron chi connectivity index (χ0n) is 8.77. The molecule has 0 bridgehead atoms. The second-order valence-corrected chi connectivity index (χ2v) is 5.94. The van der Waals surface area contributed by atoms with Crippen LogP contribution in [0.4, 0.5) is 0 Å². The SMILES string of the molecule is COc1ccc(-c2nc(SC)[s+]s2)cc1.[I-]. The summed E-state index contributed by atoms with van der Waals surface area (Å²) in [5.41, 5.74) is 1.15. The lowest BCUT2D eigenvalue weighted by Crippen LogP contribution is -3.00. The Morgan fingerprint density at radius 1 is 1.31 bits per heavy atom. The number of benzene rings is 1. The van der Waals surface area contributed by atoms with Gasteiger partial charge in [-0.25, -0.2) is 0 Å². The largest absolute Gasteiger partial charge is 1.00 e. The molecule has 1 aromatic carbocycles. The van der Waals surface area contributed by atoms with Gasteiger partial charge in [0, 0.05) is 5.56 Å². The first kappa shape index (κ1) is 14.1. The van der Waals surface area contributed by atoms with E-state index in [-0.39, 0.29) is 24.0 Å². The molecule has 0 saturated heterocycles. The molecule has 2 nitrogen and oxygen atoms in total. The van der Waals surface area contributed by atoms with E-state index in [1.165, 1.54) is 0 Å². The van der Waals surface area contributed by atoms with Gasteiger partial charge in [0.1, 0.15) is 5.75 Å². The average molecular weight is 383 g/mol. The molecule has 1 aromatic heterocycles. The number of aromatic nitrogens is 1. The summed E-state index contributed by atoms with van der Waals surface area (Å²) in [6.07, 6.45) is 2.04. The highest BCUT2D eigenvalue weighted by Gasteiger charge is 2.15. The van der Waals surface area contributed by atoms with Gasteiger partial charge in [-0.2, -0.15) is 4.98 Å². The van der Waals surface area contributed by atoms with Crippen molar-refractivity contribution in [3.05, 3.63) is 24.3 Å². The Morgan fingerprint density at radius 3 is 2.50 bits per heavy atom. The van der Waals surface area contributed by atoms with Crippen LogP contribution < -0.4 is 28.7 Å². The van der Waals surface area contributed by atoms with Gasteiger partial charge < -0.3 is 28.7 Å². The minimum absolute atomic E-state index is 0. The van der Waals surface area contributed by atoms with Crippen LogP contribution in [0, 0.1) is 0 Å². The molecule has 0 aliphatic heterocycles. The minimum Gasteiger partial charge on any atom is -1.00 e. The summed E-state index contributed by atoms with van der Waals surface area (Å²) in [6.45, 7) is 0. The third-order valence-corrected chi connectivity index (χ3v) is 5.40. The predicted molar refractivity (Wildman–Crippen MR) is 68.2 cm³/mol. The van der Waals surface area contributed by atoms with Crippen LogP contribution in [0.1, 0.15) is 0 Å². The molecule has 2 aromatic rings. The smallest absolute Gasteiger partial charge is 0.376 e. The van der Waals surface area contributed by atoms with Crippen LogP contribution in [0.15, 0.2) is 28.6 Å². The quantitative estimate of drug-likeness (QED) is 0.340. The number of hydrogen-bond acceptors (Lipinski definition) is 4. The lowest BCUT2D eigenvalue weighted by Gasteiger charge is -1.98. The van der Waals surface area contributed by atoms with Gasteiger partial charge in [-0.05, 0) is 42.3 Å². The number of ether oxygens (including phenoxy) is 1. The number of hydrogen-bond donors (Lipinski definition) is 0. The number of nitrogens with zero attached hydrogens (tertiary/aromatic N) is 1. The summed E-state index contributed by atoms with van der Waals surface area (Å²) in [7, 11) is 5.10. The van der Waals surface area contributed by atoms with Crippen molar-refractivity contribution >= 4 is 32.4 Å². The molecule has 0 aliphatic rings. The van der Waals surface area contributed by atoms with Gasteiger partial charge in [0.15, 0.2) is 15.3 Å². The van der Waals surface area contributed by atoms with E-state index in [2.05, 4.69) is 4.98 Å². The van der Waals surface area contributed by atoms with Crippen molar-refractivity contribution in [1.82, 2.24) is 4.98 Å². The predicted octanol–water partition coefficient (Wildman–Crippen LogP) is 0.887. The van der Waals surface area contributed by atoms with Crippen LogP contribution in [0.5, 0.6) is 5.75 Å². The summed E-state index contributed by atoms with van der Waals surface area (Å²) >= 11 is 1.69. The van der Waals surface area contributed by atoms with Gasteiger partial charge in [0.25, 0.3) is 0 Å². The summed E-state index contributed by atoms with van der Waals surface area (Å²) < 4.78 is 6.23. The van der Waals surface area contributed by atoms with Crippen LogP contribution in [0.3, 0.4) is 0 Å². The lowest BCUT2D eigenvalue weighted by molar-refractivity contribution is -0.00000321. The Labute approximate surface area is 123 Å². The molecular formula is C10H10INOS3. The van der Waals surface area contributed by atoms with Gasteiger partial charge in [0.05, 0.1) is 7.11 Å². The van der Waals surface area contributed by atoms with E-state index in [1.54, 1.807) is 39.6 Å². The van der Waals surface area contributed by atoms with Crippen molar-refractivity contribution in [3.63, 3.8) is 0 Å². The first-order valence-electron chi connectivity index (χ1n) is 4.32. The highest BCUT2D eigenvalue weighted by Crippen LogP contribution is 2.32. The molecule has 1 heterocycles. The molecule has 0 saturated carbocycles. The van der Waals surface area contributed by atoms with Crippen molar-refractivity contribution in [1.29, 1.82) is 0 Å². The van der Waals surface area contributed by atoms with Crippen LogP contribution in [-0.2, 0) is 0 Å². The Hall–Kier alpha value is 0.0800. The fraction of sp³-hybridized carbons (Fsp3) is 0.200. The second-order valence-electron chi connectivity index (χ2n) is 2.78. The maximum Gasteiger partial charge on any atom is 0.376 e. The van der Waals surface area contributed by atoms with Crippen molar-refractivity contribution in [3.8, 4) is 16.3 Å². The number of thioether (sulfide) groups is 1. The third kappa shape index (κ3) is 3.28. The molecule has 16 heavy (non-hydrogen) atoms. The van der Waals surface area contributed by atoms with E-state index < -0.39 is 0 Å². The molecule has 0 spiro atoms. The van der Waals surface area contributed by atoms with Crippen LogP contribution >= 0.6 is 32.4 Å². The number of rotatable bonds is 3. The summed E-state index contributed by atoms with van der Waals surface area (Å²) in [4.78, 5) is 4.51.